The molecule has 0 aliphatic rings. The number of hydrogen-bond donors (Lipinski definition) is 1. The van der Waals surface area contributed by atoms with Crippen molar-refractivity contribution in [1.29, 1.82) is 0 Å². The van der Waals surface area contributed by atoms with E-state index in [2.05, 4.69) is 38.1 Å². The van der Waals surface area contributed by atoms with Crippen molar-refractivity contribution in [2.75, 3.05) is 7.11 Å². The summed E-state index contributed by atoms with van der Waals surface area (Å²) in [5, 5.41) is 10.0. The molecule has 0 saturated carbocycles. The molecule has 1 rings (SSSR count). The lowest BCUT2D eigenvalue weighted by molar-refractivity contribution is -0.0159. The van der Waals surface area contributed by atoms with Gasteiger partial charge in [-0.25, -0.2) is 0 Å². The second kappa shape index (κ2) is 6.66. The van der Waals surface area contributed by atoms with Gasteiger partial charge in [0.25, 0.3) is 0 Å². The Hall–Kier alpha value is -0.860. The van der Waals surface area contributed by atoms with Crippen LogP contribution in [0.4, 0.5) is 0 Å². The Kier molecular flexibility index (Phi) is 5.50. The highest BCUT2D eigenvalue weighted by atomic mass is 16.5. The molecule has 0 amide bonds. The molecule has 0 fully saturated rings. The topological polar surface area (TPSA) is 29.5 Å². The predicted octanol–water partition coefficient (Wildman–Crippen LogP) is 2.71. The first-order valence-electron chi connectivity index (χ1n) is 5.93. The summed E-state index contributed by atoms with van der Waals surface area (Å²) in [5.41, 5.74) is 2.41. The van der Waals surface area contributed by atoms with Gasteiger partial charge in [0, 0.05) is 13.5 Å². The number of aliphatic hydroxyl groups excluding tert-OH is 1. The molecular weight excluding hydrogens is 200 g/mol. The van der Waals surface area contributed by atoms with Crippen LogP contribution in [0, 0.1) is 6.92 Å². The summed E-state index contributed by atoms with van der Waals surface area (Å²) in [7, 11) is 1.67. The lowest BCUT2D eigenvalue weighted by Crippen LogP contribution is -2.29. The molecule has 1 aromatic rings. The highest BCUT2D eigenvalue weighted by Gasteiger charge is 2.17. The van der Waals surface area contributed by atoms with Crippen molar-refractivity contribution in [1.82, 2.24) is 0 Å². The van der Waals surface area contributed by atoms with E-state index in [9.17, 15) is 5.11 Å². The van der Waals surface area contributed by atoms with Crippen molar-refractivity contribution in [3.8, 4) is 0 Å². The van der Waals surface area contributed by atoms with E-state index in [1.54, 1.807) is 7.11 Å². The third-order valence-corrected chi connectivity index (χ3v) is 2.87. The van der Waals surface area contributed by atoms with Gasteiger partial charge in [-0.15, -0.1) is 0 Å². The van der Waals surface area contributed by atoms with Gasteiger partial charge in [-0.1, -0.05) is 43.2 Å². The fourth-order valence-corrected chi connectivity index (χ4v) is 1.85. The number of aliphatic hydroxyl groups is 1. The van der Waals surface area contributed by atoms with E-state index in [1.165, 1.54) is 5.56 Å². The number of rotatable bonds is 6. The summed E-state index contributed by atoms with van der Waals surface area (Å²) in [4.78, 5) is 0. The second-order valence-electron chi connectivity index (χ2n) is 4.32. The summed E-state index contributed by atoms with van der Waals surface area (Å²) in [5.74, 6) is 0. The standard InChI is InChI=1S/C14H22O2/c1-4-5-14(16-3)13(15)10-12-8-6-11(2)7-9-12/h6-9,13-15H,4-5,10H2,1-3H3. The molecule has 0 heterocycles. The van der Waals surface area contributed by atoms with Gasteiger partial charge >= 0.3 is 0 Å². The SMILES string of the molecule is CCCC(OC)C(O)Cc1ccc(C)cc1. The molecule has 2 unspecified atom stereocenters. The Morgan fingerprint density at radius 2 is 1.88 bits per heavy atom. The molecule has 0 aliphatic carbocycles. The molecule has 16 heavy (non-hydrogen) atoms. The van der Waals surface area contributed by atoms with E-state index in [4.69, 9.17) is 4.74 Å². The van der Waals surface area contributed by atoms with Crippen molar-refractivity contribution in [2.24, 2.45) is 0 Å². The Morgan fingerprint density at radius 1 is 1.25 bits per heavy atom. The maximum absolute atomic E-state index is 10.0. The minimum absolute atomic E-state index is 0.0497. The minimum Gasteiger partial charge on any atom is -0.390 e. The monoisotopic (exact) mass is 222 g/mol. The number of methoxy groups -OCH3 is 1. The predicted molar refractivity (Wildman–Crippen MR) is 66.6 cm³/mol. The molecule has 2 nitrogen and oxygen atoms in total. The van der Waals surface area contributed by atoms with Gasteiger partial charge in [0.2, 0.25) is 0 Å². The van der Waals surface area contributed by atoms with Crippen LogP contribution in [-0.2, 0) is 11.2 Å². The van der Waals surface area contributed by atoms with Crippen LogP contribution in [0.2, 0.25) is 0 Å². The molecule has 0 saturated heterocycles. The molecular formula is C14H22O2. The van der Waals surface area contributed by atoms with Crippen molar-refractivity contribution < 1.29 is 9.84 Å². The quantitative estimate of drug-likeness (QED) is 0.802. The molecule has 1 aromatic carbocycles. The summed E-state index contributed by atoms with van der Waals surface area (Å²) in [6, 6.07) is 8.28. The number of benzene rings is 1. The average molecular weight is 222 g/mol. The van der Waals surface area contributed by atoms with Crippen LogP contribution in [-0.4, -0.2) is 24.4 Å². The molecule has 2 heteroatoms. The van der Waals surface area contributed by atoms with Crippen LogP contribution in [0.3, 0.4) is 0 Å². The Labute approximate surface area is 98.3 Å². The number of ether oxygens (including phenoxy) is 1. The van der Waals surface area contributed by atoms with Crippen molar-refractivity contribution in [2.45, 2.75) is 45.3 Å². The van der Waals surface area contributed by atoms with Crippen LogP contribution in [0.1, 0.15) is 30.9 Å². The lowest BCUT2D eigenvalue weighted by atomic mass is 10.0. The van der Waals surface area contributed by atoms with Gasteiger partial charge in [-0.05, 0) is 18.9 Å². The van der Waals surface area contributed by atoms with Crippen LogP contribution < -0.4 is 0 Å². The zero-order chi connectivity index (χ0) is 12.0. The lowest BCUT2D eigenvalue weighted by Gasteiger charge is -2.21. The first-order valence-corrected chi connectivity index (χ1v) is 5.93. The van der Waals surface area contributed by atoms with Gasteiger partial charge < -0.3 is 9.84 Å². The molecule has 1 N–H and O–H groups in total. The van der Waals surface area contributed by atoms with E-state index in [1.807, 2.05) is 0 Å². The highest BCUT2D eigenvalue weighted by Crippen LogP contribution is 2.13. The number of aryl methyl sites for hydroxylation is 1. The second-order valence-corrected chi connectivity index (χ2v) is 4.32. The van der Waals surface area contributed by atoms with E-state index in [0.29, 0.717) is 6.42 Å². The van der Waals surface area contributed by atoms with Crippen molar-refractivity contribution >= 4 is 0 Å². The molecule has 0 aliphatic heterocycles. The Balaban J connectivity index is 2.55. The third-order valence-electron chi connectivity index (χ3n) is 2.87. The van der Waals surface area contributed by atoms with E-state index >= 15 is 0 Å². The number of hydrogen-bond acceptors (Lipinski definition) is 2. The van der Waals surface area contributed by atoms with Gasteiger partial charge in [0.05, 0.1) is 12.2 Å². The first-order chi connectivity index (χ1) is 7.67. The zero-order valence-corrected chi connectivity index (χ0v) is 10.4. The molecule has 0 bridgehead atoms. The van der Waals surface area contributed by atoms with Gasteiger partial charge in [-0.2, -0.15) is 0 Å². The van der Waals surface area contributed by atoms with E-state index in [-0.39, 0.29) is 6.10 Å². The molecule has 0 spiro atoms. The van der Waals surface area contributed by atoms with Crippen LogP contribution in [0.25, 0.3) is 0 Å². The highest BCUT2D eigenvalue weighted by molar-refractivity contribution is 5.21. The maximum Gasteiger partial charge on any atom is 0.0841 e. The smallest absolute Gasteiger partial charge is 0.0841 e. The van der Waals surface area contributed by atoms with Gasteiger partial charge in [0.15, 0.2) is 0 Å². The van der Waals surface area contributed by atoms with Crippen LogP contribution in [0.5, 0.6) is 0 Å². The first kappa shape index (κ1) is 13.2. The minimum atomic E-state index is -0.410. The van der Waals surface area contributed by atoms with E-state index in [0.717, 1.165) is 18.4 Å². The summed E-state index contributed by atoms with van der Waals surface area (Å²) in [6.07, 6.45) is 2.14. The van der Waals surface area contributed by atoms with Crippen molar-refractivity contribution in [3.63, 3.8) is 0 Å². The van der Waals surface area contributed by atoms with Gasteiger partial charge in [0.1, 0.15) is 0 Å². The van der Waals surface area contributed by atoms with Crippen LogP contribution >= 0.6 is 0 Å². The average Bonchev–Trinajstić information content (AvgIpc) is 2.29. The molecule has 0 radical (unpaired) electrons. The summed E-state index contributed by atoms with van der Waals surface area (Å²) < 4.78 is 5.30. The summed E-state index contributed by atoms with van der Waals surface area (Å²) >= 11 is 0. The maximum atomic E-state index is 10.0. The Morgan fingerprint density at radius 3 is 2.38 bits per heavy atom. The van der Waals surface area contributed by atoms with Crippen molar-refractivity contribution in [3.05, 3.63) is 35.4 Å². The fraction of sp³-hybridized carbons (Fsp3) is 0.571. The Bertz CT molecular complexity index is 292. The largest absolute Gasteiger partial charge is 0.390 e. The molecule has 2 atom stereocenters. The normalized spacial score (nSPS) is 14.8. The van der Waals surface area contributed by atoms with Crippen LogP contribution in [0.15, 0.2) is 24.3 Å². The molecule has 0 aromatic heterocycles. The van der Waals surface area contributed by atoms with Gasteiger partial charge in [-0.3, -0.25) is 0 Å². The summed E-state index contributed by atoms with van der Waals surface area (Å²) in [6.45, 7) is 4.17. The third kappa shape index (κ3) is 3.95. The zero-order valence-electron chi connectivity index (χ0n) is 10.4. The molecule has 90 valence electrons. The fourth-order valence-electron chi connectivity index (χ4n) is 1.85. The van der Waals surface area contributed by atoms with E-state index < -0.39 is 6.10 Å².